The molecule has 1 rings (SSSR count). The molecule has 0 radical (unpaired) electrons. The van der Waals surface area contributed by atoms with Crippen molar-refractivity contribution in [3.63, 3.8) is 0 Å². The van der Waals surface area contributed by atoms with E-state index in [1.165, 1.54) is 0 Å². The summed E-state index contributed by atoms with van der Waals surface area (Å²) in [5, 5.41) is 4.73. The topological polar surface area (TPSA) is 27.0 Å². The first-order valence-corrected chi connectivity index (χ1v) is 3.94. The molecule has 2 nitrogen and oxygen atoms in total. The molecule has 0 unspecified atom stereocenters. The molecule has 0 amide bonds. The largest absolute Gasteiger partial charge is 0.659 e. The van der Waals surface area contributed by atoms with Crippen LogP contribution in [0.1, 0.15) is 12.5 Å². The van der Waals surface area contributed by atoms with Crippen molar-refractivity contribution in [2.75, 3.05) is 6.54 Å². The van der Waals surface area contributed by atoms with Gasteiger partial charge in [0.1, 0.15) is 5.15 Å². The Labute approximate surface area is 71.6 Å². The van der Waals surface area contributed by atoms with Crippen molar-refractivity contribution in [3.05, 3.63) is 34.4 Å². The van der Waals surface area contributed by atoms with E-state index in [4.69, 9.17) is 11.6 Å². The molecule has 3 heteroatoms. The Kier molecular flexibility index (Phi) is 3.33. The molecule has 0 N–H and O–H groups in total. The van der Waals surface area contributed by atoms with Crippen molar-refractivity contribution in [2.24, 2.45) is 0 Å². The van der Waals surface area contributed by atoms with Crippen molar-refractivity contribution < 1.29 is 0 Å². The minimum Gasteiger partial charge on any atom is -0.659 e. The van der Waals surface area contributed by atoms with Gasteiger partial charge in [0.15, 0.2) is 0 Å². The molecule has 1 aromatic rings. The highest BCUT2D eigenvalue weighted by atomic mass is 35.5. The van der Waals surface area contributed by atoms with Gasteiger partial charge in [-0.2, -0.15) is 6.54 Å². The summed E-state index contributed by atoms with van der Waals surface area (Å²) < 4.78 is 0. The number of halogens is 1. The summed E-state index contributed by atoms with van der Waals surface area (Å²) in [7, 11) is 0. The highest BCUT2D eigenvalue weighted by Crippen LogP contribution is 2.09. The van der Waals surface area contributed by atoms with Crippen molar-refractivity contribution in [3.8, 4) is 0 Å². The lowest BCUT2D eigenvalue weighted by Crippen LogP contribution is -1.85. The fourth-order valence-corrected chi connectivity index (χ4v) is 0.978. The molecule has 0 saturated heterocycles. The van der Waals surface area contributed by atoms with Gasteiger partial charge in [0.2, 0.25) is 0 Å². The second-order valence-corrected chi connectivity index (χ2v) is 2.57. The molecule has 11 heavy (non-hydrogen) atoms. The molecule has 0 bridgehead atoms. The Morgan fingerprint density at radius 3 is 3.09 bits per heavy atom. The van der Waals surface area contributed by atoms with Crippen LogP contribution in [0.2, 0.25) is 5.15 Å². The van der Waals surface area contributed by atoms with Crippen LogP contribution < -0.4 is 0 Å². The average molecular weight is 170 g/mol. The molecule has 0 fully saturated rings. The summed E-state index contributed by atoms with van der Waals surface area (Å²) in [5.74, 6) is 0. The quantitative estimate of drug-likeness (QED) is 0.639. The molecule has 0 aliphatic carbocycles. The lowest BCUT2D eigenvalue weighted by atomic mass is 10.3. The van der Waals surface area contributed by atoms with Gasteiger partial charge >= 0.3 is 0 Å². The minimum atomic E-state index is 0.536. The molecular formula is C8H10ClN2-. The Bertz CT molecular complexity index is 225. The number of hydrogen-bond donors (Lipinski definition) is 0. The predicted molar refractivity (Wildman–Crippen MR) is 46.9 cm³/mol. The maximum absolute atomic E-state index is 5.67. The van der Waals surface area contributed by atoms with E-state index in [9.17, 15) is 0 Å². The molecular weight excluding hydrogens is 160 g/mol. The van der Waals surface area contributed by atoms with E-state index < -0.39 is 0 Å². The van der Waals surface area contributed by atoms with Gasteiger partial charge in [-0.3, -0.25) is 0 Å². The standard InChI is InChI=1S/C8H10ClN2/c1-2-10-6-7-3-4-11-8(9)5-7/h3-5H,2,6H2,1H3/q-1. The zero-order chi connectivity index (χ0) is 8.10. The van der Waals surface area contributed by atoms with E-state index in [1.54, 1.807) is 6.20 Å². The summed E-state index contributed by atoms with van der Waals surface area (Å²) in [6, 6.07) is 3.76. The normalized spacial score (nSPS) is 10.0. The van der Waals surface area contributed by atoms with Gasteiger partial charge in [0.25, 0.3) is 0 Å². The van der Waals surface area contributed by atoms with E-state index in [2.05, 4.69) is 10.3 Å². The van der Waals surface area contributed by atoms with Crippen LogP contribution in [0.15, 0.2) is 18.3 Å². The smallest absolute Gasteiger partial charge is 0.129 e. The van der Waals surface area contributed by atoms with Crippen LogP contribution in [0, 0.1) is 0 Å². The van der Waals surface area contributed by atoms with E-state index in [0.717, 1.165) is 18.7 Å². The third kappa shape index (κ3) is 2.87. The molecule has 1 aromatic heterocycles. The zero-order valence-electron chi connectivity index (χ0n) is 6.42. The van der Waals surface area contributed by atoms with E-state index in [1.807, 2.05) is 19.1 Å². The van der Waals surface area contributed by atoms with E-state index in [0.29, 0.717) is 5.15 Å². The maximum atomic E-state index is 5.67. The molecule has 0 aliphatic heterocycles. The second-order valence-electron chi connectivity index (χ2n) is 2.18. The average Bonchev–Trinajstić information content (AvgIpc) is 2.01. The van der Waals surface area contributed by atoms with Crippen molar-refractivity contribution in [2.45, 2.75) is 13.5 Å². The third-order valence-electron chi connectivity index (χ3n) is 1.31. The number of hydrogen-bond acceptors (Lipinski definition) is 1. The van der Waals surface area contributed by atoms with Gasteiger partial charge in [-0.15, -0.1) is 6.54 Å². The van der Waals surface area contributed by atoms with Crippen LogP contribution in [0.3, 0.4) is 0 Å². The number of rotatable bonds is 3. The highest BCUT2D eigenvalue weighted by Gasteiger charge is 1.87. The molecule has 60 valence electrons. The molecule has 0 saturated carbocycles. The van der Waals surface area contributed by atoms with Crippen LogP contribution in [0.5, 0.6) is 0 Å². The molecule has 0 atom stereocenters. The molecule has 1 heterocycles. The zero-order valence-corrected chi connectivity index (χ0v) is 7.17. The van der Waals surface area contributed by atoms with Gasteiger partial charge in [-0.05, 0) is 12.1 Å². The summed E-state index contributed by atoms with van der Waals surface area (Å²) in [4.78, 5) is 3.87. The Balaban J connectivity index is 2.56. The highest BCUT2D eigenvalue weighted by molar-refractivity contribution is 6.29. The third-order valence-corrected chi connectivity index (χ3v) is 1.52. The van der Waals surface area contributed by atoms with Gasteiger partial charge in [-0.1, -0.05) is 24.1 Å². The van der Waals surface area contributed by atoms with Gasteiger partial charge < -0.3 is 5.32 Å². The van der Waals surface area contributed by atoms with Crippen LogP contribution in [0.4, 0.5) is 0 Å². The number of aromatic nitrogens is 1. The van der Waals surface area contributed by atoms with Crippen molar-refractivity contribution >= 4 is 11.6 Å². The Morgan fingerprint density at radius 2 is 2.45 bits per heavy atom. The molecule has 0 aliphatic rings. The predicted octanol–water partition coefficient (Wildman–Crippen LogP) is 2.63. The van der Waals surface area contributed by atoms with Gasteiger partial charge in [0.05, 0.1) is 0 Å². The van der Waals surface area contributed by atoms with Gasteiger partial charge in [-0.25, -0.2) is 4.98 Å². The van der Waals surface area contributed by atoms with E-state index >= 15 is 0 Å². The summed E-state index contributed by atoms with van der Waals surface area (Å²) in [6.45, 7) is 3.60. The molecule has 0 aromatic carbocycles. The first-order chi connectivity index (χ1) is 5.33. The monoisotopic (exact) mass is 169 g/mol. The lowest BCUT2D eigenvalue weighted by Gasteiger charge is -2.14. The van der Waals surface area contributed by atoms with Crippen molar-refractivity contribution in [1.29, 1.82) is 0 Å². The van der Waals surface area contributed by atoms with Crippen LogP contribution in [-0.2, 0) is 6.54 Å². The Morgan fingerprint density at radius 1 is 1.64 bits per heavy atom. The van der Waals surface area contributed by atoms with Crippen LogP contribution >= 0.6 is 11.6 Å². The van der Waals surface area contributed by atoms with Crippen LogP contribution in [-0.4, -0.2) is 11.5 Å². The number of pyridine rings is 1. The van der Waals surface area contributed by atoms with Gasteiger partial charge in [0, 0.05) is 6.20 Å². The number of nitrogens with zero attached hydrogens (tertiary/aromatic N) is 2. The fourth-order valence-electron chi connectivity index (χ4n) is 0.782. The molecule has 0 spiro atoms. The first kappa shape index (κ1) is 8.50. The maximum Gasteiger partial charge on any atom is 0.129 e. The summed E-state index contributed by atoms with van der Waals surface area (Å²) in [6.07, 6.45) is 1.70. The minimum absolute atomic E-state index is 0.536. The Hall–Kier alpha value is -0.600. The first-order valence-electron chi connectivity index (χ1n) is 3.56. The summed E-state index contributed by atoms with van der Waals surface area (Å²) >= 11 is 5.67. The summed E-state index contributed by atoms with van der Waals surface area (Å²) in [5.41, 5.74) is 1.12. The van der Waals surface area contributed by atoms with E-state index in [-0.39, 0.29) is 0 Å². The van der Waals surface area contributed by atoms with Crippen molar-refractivity contribution in [1.82, 2.24) is 4.98 Å². The lowest BCUT2D eigenvalue weighted by molar-refractivity contribution is 1.08. The fraction of sp³-hybridized carbons (Fsp3) is 0.375. The second kappa shape index (κ2) is 4.31. The SMILES string of the molecule is CC[N-]Cc1ccnc(Cl)c1. The van der Waals surface area contributed by atoms with Crippen LogP contribution in [0.25, 0.3) is 5.32 Å².